The summed E-state index contributed by atoms with van der Waals surface area (Å²) in [6, 6.07) is 17.6. The average Bonchev–Trinajstić information content (AvgIpc) is 3.43. The molecule has 1 amide bonds. The van der Waals surface area contributed by atoms with Gasteiger partial charge >= 0.3 is 0 Å². The number of amides is 1. The lowest BCUT2D eigenvalue weighted by Crippen LogP contribution is -2.25. The SMILES string of the molecule is Cc1ncn(CC(=O)Nc2ccc(C[C@@H]3CC[C@H]([C@H](O)COc4ccccc4)C3)cc2)n1. The third kappa shape index (κ3) is 6.17. The first kappa shape index (κ1) is 22.0. The number of para-hydroxylation sites is 1. The van der Waals surface area contributed by atoms with Gasteiger partial charge in [-0.15, -0.1) is 0 Å². The number of ether oxygens (including phenoxy) is 1. The molecule has 1 fully saturated rings. The highest BCUT2D eigenvalue weighted by Crippen LogP contribution is 2.35. The van der Waals surface area contributed by atoms with Crippen LogP contribution < -0.4 is 10.1 Å². The zero-order valence-corrected chi connectivity index (χ0v) is 18.4. The Hall–Kier alpha value is -3.19. The molecule has 0 aliphatic heterocycles. The van der Waals surface area contributed by atoms with Crippen LogP contribution in [0.3, 0.4) is 0 Å². The Labute approximate surface area is 188 Å². The third-order valence-electron chi connectivity index (χ3n) is 6.01. The highest BCUT2D eigenvalue weighted by molar-refractivity contribution is 5.90. The van der Waals surface area contributed by atoms with Crippen LogP contribution in [-0.4, -0.2) is 38.5 Å². The Balaban J connectivity index is 1.21. The van der Waals surface area contributed by atoms with Crippen molar-refractivity contribution in [2.24, 2.45) is 11.8 Å². The number of aryl methyl sites for hydroxylation is 1. The van der Waals surface area contributed by atoms with E-state index in [0.717, 1.165) is 37.1 Å². The van der Waals surface area contributed by atoms with Gasteiger partial charge in [0.15, 0.2) is 0 Å². The number of aliphatic hydroxyl groups excluding tert-OH is 1. The average molecular weight is 435 g/mol. The highest BCUT2D eigenvalue weighted by Gasteiger charge is 2.30. The predicted octanol–water partition coefficient (Wildman–Crippen LogP) is 3.62. The maximum Gasteiger partial charge on any atom is 0.246 e. The van der Waals surface area contributed by atoms with Crippen LogP contribution in [0.2, 0.25) is 0 Å². The van der Waals surface area contributed by atoms with E-state index in [0.29, 0.717) is 18.3 Å². The number of carbonyl (C=O) groups is 1. The van der Waals surface area contributed by atoms with E-state index >= 15 is 0 Å². The maximum absolute atomic E-state index is 12.2. The standard InChI is InChI=1S/C25H30N4O3/c1-18-26-17-29(28-18)15-25(31)27-22-11-8-19(9-12-22)13-20-7-10-21(14-20)24(30)16-32-23-5-3-2-4-6-23/h2-6,8-9,11-12,17,20-21,24,30H,7,10,13-16H2,1H3,(H,27,31)/t20-,21-,24+/m0/s1. The van der Waals surface area contributed by atoms with E-state index in [1.54, 1.807) is 13.3 Å². The molecule has 4 rings (SSSR count). The summed E-state index contributed by atoms with van der Waals surface area (Å²) in [5.41, 5.74) is 2.02. The number of aliphatic hydroxyl groups is 1. The molecule has 7 heteroatoms. The largest absolute Gasteiger partial charge is 0.491 e. The summed E-state index contributed by atoms with van der Waals surface area (Å²) in [6.07, 6.45) is 5.25. The fraction of sp³-hybridized carbons (Fsp3) is 0.400. The van der Waals surface area contributed by atoms with Gasteiger partial charge in [-0.2, -0.15) is 5.10 Å². The summed E-state index contributed by atoms with van der Waals surface area (Å²) in [4.78, 5) is 16.2. The van der Waals surface area contributed by atoms with Gasteiger partial charge in [-0.05, 0) is 74.3 Å². The molecule has 0 unspecified atom stereocenters. The van der Waals surface area contributed by atoms with Gasteiger partial charge in [-0.25, -0.2) is 9.67 Å². The normalized spacial score (nSPS) is 18.9. The van der Waals surface area contributed by atoms with Crippen molar-refractivity contribution in [3.05, 3.63) is 72.3 Å². The molecule has 1 saturated carbocycles. The molecule has 7 nitrogen and oxygen atoms in total. The molecule has 0 bridgehead atoms. The van der Waals surface area contributed by atoms with Gasteiger partial charge in [0.25, 0.3) is 0 Å². The van der Waals surface area contributed by atoms with E-state index in [1.165, 1.54) is 10.2 Å². The lowest BCUT2D eigenvalue weighted by molar-refractivity contribution is -0.116. The number of nitrogens with zero attached hydrogens (tertiary/aromatic N) is 3. The van der Waals surface area contributed by atoms with E-state index in [-0.39, 0.29) is 18.4 Å². The first-order chi connectivity index (χ1) is 15.5. The monoisotopic (exact) mass is 434 g/mol. The first-order valence-electron chi connectivity index (χ1n) is 11.2. The van der Waals surface area contributed by atoms with Crippen molar-refractivity contribution in [3.63, 3.8) is 0 Å². The van der Waals surface area contributed by atoms with Crippen molar-refractivity contribution in [2.45, 2.75) is 45.3 Å². The molecule has 32 heavy (non-hydrogen) atoms. The van der Waals surface area contributed by atoms with Gasteiger partial charge in [-0.3, -0.25) is 4.79 Å². The molecule has 1 aromatic heterocycles. The Morgan fingerprint density at radius 3 is 2.69 bits per heavy atom. The minimum Gasteiger partial charge on any atom is -0.491 e. The van der Waals surface area contributed by atoms with Gasteiger partial charge in [-0.1, -0.05) is 30.3 Å². The summed E-state index contributed by atoms with van der Waals surface area (Å²) in [7, 11) is 0. The summed E-state index contributed by atoms with van der Waals surface area (Å²) in [6.45, 7) is 2.27. The lowest BCUT2D eigenvalue weighted by Gasteiger charge is -2.19. The fourth-order valence-corrected chi connectivity index (χ4v) is 4.35. The minimum absolute atomic E-state index is 0.131. The van der Waals surface area contributed by atoms with Crippen molar-refractivity contribution in [1.82, 2.24) is 14.8 Å². The van der Waals surface area contributed by atoms with E-state index in [4.69, 9.17) is 4.74 Å². The summed E-state index contributed by atoms with van der Waals surface area (Å²) in [5, 5.41) is 17.6. The fourth-order valence-electron chi connectivity index (χ4n) is 4.35. The molecule has 3 aromatic rings. The minimum atomic E-state index is -0.438. The van der Waals surface area contributed by atoms with Gasteiger partial charge in [0.2, 0.25) is 5.91 Å². The number of hydrogen-bond acceptors (Lipinski definition) is 5. The Bertz CT molecular complexity index is 1000. The molecule has 1 heterocycles. The first-order valence-corrected chi connectivity index (χ1v) is 11.2. The van der Waals surface area contributed by atoms with Crippen LogP contribution in [0.5, 0.6) is 5.75 Å². The smallest absolute Gasteiger partial charge is 0.246 e. The number of hydrogen-bond donors (Lipinski definition) is 2. The van der Waals surface area contributed by atoms with E-state index in [2.05, 4.69) is 27.5 Å². The van der Waals surface area contributed by atoms with Crippen LogP contribution in [0.15, 0.2) is 60.9 Å². The zero-order chi connectivity index (χ0) is 22.3. The van der Waals surface area contributed by atoms with Crippen molar-refractivity contribution < 1.29 is 14.6 Å². The lowest BCUT2D eigenvalue weighted by atomic mass is 9.95. The Morgan fingerprint density at radius 2 is 1.97 bits per heavy atom. The molecule has 2 N–H and O–H groups in total. The second-order valence-electron chi connectivity index (χ2n) is 8.57. The van der Waals surface area contributed by atoms with Crippen LogP contribution in [0.1, 0.15) is 30.7 Å². The number of nitrogens with one attached hydrogen (secondary N) is 1. The maximum atomic E-state index is 12.2. The second-order valence-corrected chi connectivity index (χ2v) is 8.57. The number of rotatable bonds is 9. The van der Waals surface area contributed by atoms with Crippen molar-refractivity contribution in [2.75, 3.05) is 11.9 Å². The molecule has 168 valence electrons. The quantitative estimate of drug-likeness (QED) is 0.537. The second kappa shape index (κ2) is 10.4. The third-order valence-corrected chi connectivity index (χ3v) is 6.01. The van der Waals surface area contributed by atoms with E-state index in [1.807, 2.05) is 42.5 Å². The van der Waals surface area contributed by atoms with Crippen LogP contribution in [-0.2, 0) is 17.8 Å². The molecule has 0 radical (unpaired) electrons. The highest BCUT2D eigenvalue weighted by atomic mass is 16.5. The van der Waals surface area contributed by atoms with Crippen LogP contribution in [0, 0.1) is 18.8 Å². The number of benzene rings is 2. The van der Waals surface area contributed by atoms with Crippen molar-refractivity contribution in [1.29, 1.82) is 0 Å². The van der Waals surface area contributed by atoms with Crippen LogP contribution in [0.4, 0.5) is 5.69 Å². The number of aromatic nitrogens is 3. The molecule has 0 saturated heterocycles. The van der Waals surface area contributed by atoms with E-state index < -0.39 is 6.10 Å². The van der Waals surface area contributed by atoms with Gasteiger partial charge < -0.3 is 15.2 Å². The summed E-state index contributed by atoms with van der Waals surface area (Å²) in [5.74, 6) is 2.15. The van der Waals surface area contributed by atoms with Gasteiger partial charge in [0.1, 0.15) is 31.1 Å². The summed E-state index contributed by atoms with van der Waals surface area (Å²) < 4.78 is 7.25. The zero-order valence-electron chi connectivity index (χ0n) is 18.4. The number of carbonyl (C=O) groups excluding carboxylic acids is 1. The van der Waals surface area contributed by atoms with Gasteiger partial charge in [0, 0.05) is 5.69 Å². The van der Waals surface area contributed by atoms with E-state index in [9.17, 15) is 9.90 Å². The van der Waals surface area contributed by atoms with Crippen molar-refractivity contribution in [3.8, 4) is 5.75 Å². The predicted molar refractivity (Wildman–Crippen MR) is 122 cm³/mol. The number of anilines is 1. The Morgan fingerprint density at radius 1 is 1.19 bits per heavy atom. The Kier molecular flexibility index (Phi) is 7.17. The molecule has 0 spiro atoms. The molecule has 2 aromatic carbocycles. The topological polar surface area (TPSA) is 89.3 Å². The van der Waals surface area contributed by atoms with Gasteiger partial charge in [0.05, 0.1) is 6.10 Å². The van der Waals surface area contributed by atoms with Crippen molar-refractivity contribution >= 4 is 11.6 Å². The van der Waals surface area contributed by atoms with Crippen LogP contribution >= 0.6 is 0 Å². The molecule has 1 aliphatic carbocycles. The molecular weight excluding hydrogens is 404 g/mol. The van der Waals surface area contributed by atoms with Crippen LogP contribution in [0.25, 0.3) is 0 Å². The summed E-state index contributed by atoms with van der Waals surface area (Å²) >= 11 is 0. The molecule has 1 aliphatic rings. The molecule has 3 atom stereocenters. The molecular formula is C25H30N4O3.